The first kappa shape index (κ1) is 20.8. The first-order chi connectivity index (χ1) is 14.1. The summed E-state index contributed by atoms with van der Waals surface area (Å²) in [5, 5.41) is 13.9. The molecule has 0 aromatic heterocycles. The van der Waals surface area contributed by atoms with Gasteiger partial charge in [0.25, 0.3) is 0 Å². The lowest BCUT2D eigenvalue weighted by molar-refractivity contribution is -0.135. The third-order valence-electron chi connectivity index (χ3n) is 7.31. The van der Waals surface area contributed by atoms with Crippen molar-refractivity contribution in [3.05, 3.63) is 35.1 Å². The first-order valence-corrected chi connectivity index (χ1v) is 11.6. The Hall–Kier alpha value is -1.46. The van der Waals surface area contributed by atoms with E-state index in [0.717, 1.165) is 49.7 Å². The molecule has 1 heterocycles. The summed E-state index contributed by atoms with van der Waals surface area (Å²) < 4.78 is 13.8. The standard InChI is InChI=1S/C24H35FN2O2/c25-20-9-10-21-19(15-20)11-14-27(23(21)18-7-3-1-4-8-18)22(28)16-26-17-24(29)12-5-2-6-13-24/h9-10,15,18,23,26,29H,1-8,11-14,16-17H2. The molecule has 4 rings (SSSR count). The van der Waals surface area contributed by atoms with Crippen molar-refractivity contribution in [1.29, 1.82) is 0 Å². The number of nitrogens with zero attached hydrogens (tertiary/aromatic N) is 1. The summed E-state index contributed by atoms with van der Waals surface area (Å²) in [6.07, 6.45) is 11.7. The zero-order valence-corrected chi connectivity index (χ0v) is 17.5. The van der Waals surface area contributed by atoms with Gasteiger partial charge in [-0.05, 0) is 61.3 Å². The summed E-state index contributed by atoms with van der Waals surface area (Å²) in [6, 6.07) is 5.16. The molecule has 0 saturated heterocycles. The molecule has 3 aliphatic rings. The highest BCUT2D eigenvalue weighted by molar-refractivity contribution is 5.79. The number of hydrogen-bond donors (Lipinski definition) is 2. The quantitative estimate of drug-likeness (QED) is 0.779. The summed E-state index contributed by atoms with van der Waals surface area (Å²) in [6.45, 7) is 1.41. The van der Waals surface area contributed by atoms with E-state index >= 15 is 0 Å². The van der Waals surface area contributed by atoms with Crippen molar-refractivity contribution < 1.29 is 14.3 Å². The van der Waals surface area contributed by atoms with Gasteiger partial charge < -0.3 is 15.3 Å². The van der Waals surface area contributed by atoms with Crippen LogP contribution in [0.4, 0.5) is 4.39 Å². The summed E-state index contributed by atoms with van der Waals surface area (Å²) in [4.78, 5) is 15.2. The van der Waals surface area contributed by atoms with Crippen LogP contribution in [0.3, 0.4) is 0 Å². The second-order valence-corrected chi connectivity index (χ2v) is 9.41. The van der Waals surface area contributed by atoms with E-state index < -0.39 is 5.60 Å². The summed E-state index contributed by atoms with van der Waals surface area (Å²) in [5.41, 5.74) is 1.55. The predicted octanol–water partition coefficient (Wildman–Crippen LogP) is 4.12. The van der Waals surface area contributed by atoms with Crippen molar-refractivity contribution in [3.63, 3.8) is 0 Å². The molecule has 1 atom stereocenters. The Morgan fingerprint density at radius 1 is 1.14 bits per heavy atom. The molecule has 1 aromatic carbocycles. The van der Waals surface area contributed by atoms with Gasteiger partial charge in [-0.15, -0.1) is 0 Å². The van der Waals surface area contributed by atoms with Crippen LogP contribution in [0.5, 0.6) is 0 Å². The number of carbonyl (C=O) groups excluding carboxylic acids is 1. The molecule has 1 aromatic rings. The average Bonchev–Trinajstić information content (AvgIpc) is 2.73. The smallest absolute Gasteiger partial charge is 0.237 e. The second-order valence-electron chi connectivity index (χ2n) is 9.41. The third kappa shape index (κ3) is 4.83. The largest absolute Gasteiger partial charge is 0.389 e. The molecule has 0 radical (unpaired) electrons. The molecular formula is C24H35FN2O2. The molecular weight excluding hydrogens is 367 g/mol. The van der Waals surface area contributed by atoms with E-state index in [2.05, 4.69) is 5.32 Å². The molecule has 5 heteroatoms. The van der Waals surface area contributed by atoms with Gasteiger partial charge >= 0.3 is 0 Å². The first-order valence-electron chi connectivity index (χ1n) is 11.6. The Labute approximate surface area is 173 Å². The van der Waals surface area contributed by atoms with Gasteiger partial charge in [0.05, 0.1) is 18.2 Å². The number of carbonyl (C=O) groups is 1. The van der Waals surface area contributed by atoms with E-state index in [4.69, 9.17) is 0 Å². The number of hydrogen-bond acceptors (Lipinski definition) is 3. The molecule has 2 aliphatic carbocycles. The number of fused-ring (bicyclic) bond motifs is 1. The minimum Gasteiger partial charge on any atom is -0.389 e. The van der Waals surface area contributed by atoms with Gasteiger partial charge in [0, 0.05) is 13.1 Å². The van der Waals surface area contributed by atoms with Crippen LogP contribution in [-0.2, 0) is 11.2 Å². The van der Waals surface area contributed by atoms with Crippen LogP contribution in [0, 0.1) is 11.7 Å². The Balaban J connectivity index is 1.45. The van der Waals surface area contributed by atoms with Gasteiger partial charge in [0.15, 0.2) is 0 Å². The molecule has 2 fully saturated rings. The minimum atomic E-state index is -0.659. The minimum absolute atomic E-state index is 0.0618. The van der Waals surface area contributed by atoms with Crippen molar-refractivity contribution in [2.45, 2.75) is 82.3 Å². The lowest BCUT2D eigenvalue weighted by Crippen LogP contribution is -2.49. The molecule has 29 heavy (non-hydrogen) atoms. The van der Waals surface area contributed by atoms with E-state index in [9.17, 15) is 14.3 Å². The van der Waals surface area contributed by atoms with Gasteiger partial charge in [-0.2, -0.15) is 0 Å². The molecule has 2 N–H and O–H groups in total. The molecule has 0 bridgehead atoms. The van der Waals surface area contributed by atoms with Crippen molar-refractivity contribution in [3.8, 4) is 0 Å². The van der Waals surface area contributed by atoms with Gasteiger partial charge in [-0.1, -0.05) is 44.6 Å². The van der Waals surface area contributed by atoms with E-state index in [-0.39, 0.29) is 24.3 Å². The van der Waals surface area contributed by atoms with Gasteiger partial charge in [-0.3, -0.25) is 4.79 Å². The molecule has 0 spiro atoms. The summed E-state index contributed by atoms with van der Waals surface area (Å²) >= 11 is 0. The van der Waals surface area contributed by atoms with Crippen LogP contribution in [0.2, 0.25) is 0 Å². The highest BCUT2D eigenvalue weighted by atomic mass is 19.1. The van der Waals surface area contributed by atoms with Crippen molar-refractivity contribution in [1.82, 2.24) is 10.2 Å². The van der Waals surface area contributed by atoms with E-state index in [1.54, 1.807) is 12.1 Å². The topological polar surface area (TPSA) is 52.6 Å². The molecule has 160 valence electrons. The number of halogens is 1. The molecule has 1 amide bonds. The van der Waals surface area contributed by atoms with Gasteiger partial charge in [-0.25, -0.2) is 4.39 Å². The van der Waals surface area contributed by atoms with E-state index in [1.165, 1.54) is 25.7 Å². The fourth-order valence-electron chi connectivity index (χ4n) is 5.76. The fraction of sp³-hybridized carbons (Fsp3) is 0.708. The molecule has 2 saturated carbocycles. The number of nitrogens with one attached hydrogen (secondary N) is 1. The number of benzene rings is 1. The Kier molecular flexibility index (Phi) is 6.55. The van der Waals surface area contributed by atoms with Crippen LogP contribution in [0.15, 0.2) is 18.2 Å². The number of amides is 1. The lowest BCUT2D eigenvalue weighted by atomic mass is 9.77. The maximum atomic E-state index is 13.8. The Morgan fingerprint density at radius 3 is 2.62 bits per heavy atom. The van der Waals surface area contributed by atoms with Gasteiger partial charge in [0.1, 0.15) is 5.82 Å². The van der Waals surface area contributed by atoms with Crippen LogP contribution in [-0.4, -0.2) is 41.1 Å². The molecule has 1 aliphatic heterocycles. The van der Waals surface area contributed by atoms with Crippen LogP contribution in [0.1, 0.15) is 81.4 Å². The second kappa shape index (κ2) is 9.13. The summed E-state index contributed by atoms with van der Waals surface area (Å²) in [5.74, 6) is 0.378. The maximum Gasteiger partial charge on any atom is 0.237 e. The fourth-order valence-corrected chi connectivity index (χ4v) is 5.76. The lowest BCUT2D eigenvalue weighted by Gasteiger charge is -2.43. The van der Waals surface area contributed by atoms with Crippen LogP contribution < -0.4 is 5.32 Å². The highest BCUT2D eigenvalue weighted by Crippen LogP contribution is 2.42. The zero-order valence-electron chi connectivity index (χ0n) is 17.5. The van der Waals surface area contributed by atoms with Crippen LogP contribution in [0.25, 0.3) is 0 Å². The average molecular weight is 403 g/mol. The highest BCUT2D eigenvalue weighted by Gasteiger charge is 2.37. The molecule has 1 unspecified atom stereocenters. The normalized spacial score (nSPS) is 24.9. The Morgan fingerprint density at radius 2 is 1.86 bits per heavy atom. The van der Waals surface area contributed by atoms with Crippen molar-refractivity contribution >= 4 is 5.91 Å². The monoisotopic (exact) mass is 402 g/mol. The van der Waals surface area contributed by atoms with Gasteiger partial charge in [0.2, 0.25) is 5.91 Å². The number of rotatable bonds is 5. The van der Waals surface area contributed by atoms with E-state index in [1.807, 2.05) is 11.0 Å². The van der Waals surface area contributed by atoms with E-state index in [0.29, 0.717) is 25.4 Å². The maximum absolute atomic E-state index is 13.8. The van der Waals surface area contributed by atoms with Crippen molar-refractivity contribution in [2.24, 2.45) is 5.92 Å². The third-order valence-corrected chi connectivity index (χ3v) is 7.31. The van der Waals surface area contributed by atoms with Crippen LogP contribution >= 0.6 is 0 Å². The molecule has 4 nitrogen and oxygen atoms in total. The SMILES string of the molecule is O=C(CNCC1(O)CCCCC1)N1CCc2cc(F)ccc2C1C1CCCCC1. The zero-order chi connectivity index (χ0) is 20.3. The van der Waals surface area contributed by atoms with Crippen molar-refractivity contribution in [2.75, 3.05) is 19.6 Å². The summed E-state index contributed by atoms with van der Waals surface area (Å²) in [7, 11) is 0. The Bertz CT molecular complexity index is 711. The predicted molar refractivity (Wildman–Crippen MR) is 112 cm³/mol. The number of aliphatic hydroxyl groups is 1.